The maximum absolute atomic E-state index is 8.69. The molecule has 13 heavy (non-hydrogen) atoms. The summed E-state index contributed by atoms with van der Waals surface area (Å²) in [5.41, 5.74) is 1.13. The van der Waals surface area contributed by atoms with Crippen LogP contribution in [0.3, 0.4) is 0 Å². The molecule has 0 aromatic heterocycles. The lowest BCUT2D eigenvalue weighted by Gasteiger charge is -2.08. The highest BCUT2D eigenvalue weighted by Gasteiger charge is 2.00. The normalized spacial score (nSPS) is 13.1. The van der Waals surface area contributed by atoms with Crippen molar-refractivity contribution < 1.29 is 5.11 Å². The molecule has 1 nitrogen and oxygen atoms in total. The van der Waals surface area contributed by atoms with Crippen molar-refractivity contribution >= 4 is 0 Å². The van der Waals surface area contributed by atoms with E-state index in [-0.39, 0.29) is 6.61 Å². The third-order valence-corrected chi connectivity index (χ3v) is 2.05. The van der Waals surface area contributed by atoms with Crippen LogP contribution in [0.2, 0.25) is 0 Å². The number of hydrogen-bond acceptors (Lipinski definition) is 1. The van der Waals surface area contributed by atoms with Gasteiger partial charge in [0.1, 0.15) is 0 Å². The largest absolute Gasteiger partial charge is 0.396 e. The summed E-state index contributed by atoms with van der Waals surface area (Å²) in [7, 11) is 0. The molecular weight excluding hydrogens is 160 g/mol. The van der Waals surface area contributed by atoms with Crippen molar-refractivity contribution in [2.24, 2.45) is 5.92 Å². The van der Waals surface area contributed by atoms with E-state index in [4.69, 9.17) is 5.11 Å². The van der Waals surface area contributed by atoms with Gasteiger partial charge >= 0.3 is 0 Å². The van der Waals surface area contributed by atoms with Gasteiger partial charge in [0.2, 0.25) is 0 Å². The number of aliphatic hydroxyl groups excluding tert-OH is 1. The van der Waals surface area contributed by atoms with Crippen LogP contribution in [-0.4, -0.2) is 11.7 Å². The number of hydrogen-bond donors (Lipinski definition) is 1. The number of aliphatic hydroxyl groups is 1. The van der Waals surface area contributed by atoms with Crippen LogP contribution in [0.4, 0.5) is 0 Å². The van der Waals surface area contributed by atoms with Gasteiger partial charge in [0.05, 0.1) is 0 Å². The van der Waals surface area contributed by atoms with Crippen LogP contribution in [0.1, 0.15) is 26.2 Å². The van der Waals surface area contributed by atoms with Crippen LogP contribution in [0.15, 0.2) is 37.0 Å². The molecular formula is C12H20O. The Bertz CT molecular complexity index is 180. The van der Waals surface area contributed by atoms with Crippen molar-refractivity contribution in [3.05, 3.63) is 37.0 Å². The van der Waals surface area contributed by atoms with Gasteiger partial charge in [-0.3, -0.25) is 0 Å². The molecule has 0 aliphatic carbocycles. The molecule has 0 amide bonds. The standard InChI is InChI=1S/C12H20O/c1-4-5-6-11(2)7-8-12(3)9-10-13/h4-6,12-13H,1-2,7-10H2,3H3/b6-5-. The lowest BCUT2D eigenvalue weighted by molar-refractivity contribution is 0.258. The quantitative estimate of drug-likeness (QED) is 0.597. The fraction of sp³-hybridized carbons (Fsp3) is 0.500. The lowest BCUT2D eigenvalue weighted by Crippen LogP contribution is -1.97. The summed E-state index contributed by atoms with van der Waals surface area (Å²) in [6, 6.07) is 0. The molecule has 1 heteroatoms. The monoisotopic (exact) mass is 180 g/mol. The molecule has 0 bridgehead atoms. The second-order valence-corrected chi connectivity index (χ2v) is 3.41. The Morgan fingerprint density at radius 2 is 2.15 bits per heavy atom. The Hall–Kier alpha value is -0.820. The first-order valence-electron chi connectivity index (χ1n) is 4.78. The van der Waals surface area contributed by atoms with Crippen LogP contribution in [0.25, 0.3) is 0 Å². The Morgan fingerprint density at radius 3 is 2.69 bits per heavy atom. The molecule has 0 saturated carbocycles. The predicted molar refractivity (Wildman–Crippen MR) is 58.6 cm³/mol. The number of allylic oxidation sites excluding steroid dienone is 4. The average molecular weight is 180 g/mol. The highest BCUT2D eigenvalue weighted by atomic mass is 16.2. The van der Waals surface area contributed by atoms with Gasteiger partial charge in [-0.1, -0.05) is 43.9 Å². The van der Waals surface area contributed by atoms with Gasteiger partial charge in [-0.15, -0.1) is 0 Å². The van der Waals surface area contributed by atoms with E-state index >= 15 is 0 Å². The van der Waals surface area contributed by atoms with Crippen LogP contribution < -0.4 is 0 Å². The molecule has 1 atom stereocenters. The molecule has 0 fully saturated rings. The summed E-state index contributed by atoms with van der Waals surface area (Å²) >= 11 is 0. The first-order chi connectivity index (χ1) is 6.20. The zero-order chi connectivity index (χ0) is 10.1. The van der Waals surface area contributed by atoms with Gasteiger partial charge < -0.3 is 5.11 Å². The van der Waals surface area contributed by atoms with Crippen molar-refractivity contribution in [3.63, 3.8) is 0 Å². The van der Waals surface area contributed by atoms with Crippen LogP contribution in [-0.2, 0) is 0 Å². The fourth-order valence-electron chi connectivity index (χ4n) is 1.08. The van der Waals surface area contributed by atoms with E-state index in [1.165, 1.54) is 0 Å². The highest BCUT2D eigenvalue weighted by Crippen LogP contribution is 2.14. The first kappa shape index (κ1) is 12.2. The van der Waals surface area contributed by atoms with Crippen molar-refractivity contribution in [3.8, 4) is 0 Å². The minimum atomic E-state index is 0.288. The van der Waals surface area contributed by atoms with Gasteiger partial charge in [0.15, 0.2) is 0 Å². The van der Waals surface area contributed by atoms with Crippen molar-refractivity contribution in [1.29, 1.82) is 0 Å². The van der Waals surface area contributed by atoms with E-state index in [2.05, 4.69) is 20.1 Å². The van der Waals surface area contributed by atoms with Gasteiger partial charge in [-0.2, -0.15) is 0 Å². The lowest BCUT2D eigenvalue weighted by atomic mass is 9.99. The molecule has 0 aromatic carbocycles. The molecule has 0 aromatic rings. The molecule has 74 valence electrons. The van der Waals surface area contributed by atoms with Crippen LogP contribution in [0, 0.1) is 5.92 Å². The Kier molecular flexibility index (Phi) is 7.32. The molecule has 1 unspecified atom stereocenters. The summed E-state index contributed by atoms with van der Waals surface area (Å²) in [4.78, 5) is 0. The summed E-state index contributed by atoms with van der Waals surface area (Å²) < 4.78 is 0. The van der Waals surface area contributed by atoms with Gasteiger partial charge in [0.25, 0.3) is 0 Å². The Morgan fingerprint density at radius 1 is 1.46 bits per heavy atom. The summed E-state index contributed by atoms with van der Waals surface area (Å²) in [6.45, 7) is 9.96. The van der Waals surface area contributed by atoms with E-state index in [0.29, 0.717) is 5.92 Å². The Balaban J connectivity index is 3.57. The molecule has 1 N–H and O–H groups in total. The van der Waals surface area contributed by atoms with E-state index in [9.17, 15) is 0 Å². The smallest absolute Gasteiger partial charge is 0.0433 e. The molecule has 0 aliphatic rings. The second-order valence-electron chi connectivity index (χ2n) is 3.41. The minimum Gasteiger partial charge on any atom is -0.396 e. The molecule has 0 rings (SSSR count). The van der Waals surface area contributed by atoms with Crippen molar-refractivity contribution in [1.82, 2.24) is 0 Å². The molecule has 0 spiro atoms. The third-order valence-electron chi connectivity index (χ3n) is 2.05. The zero-order valence-electron chi connectivity index (χ0n) is 8.50. The van der Waals surface area contributed by atoms with Gasteiger partial charge in [-0.25, -0.2) is 0 Å². The predicted octanol–water partition coefficient (Wildman–Crippen LogP) is 3.08. The van der Waals surface area contributed by atoms with E-state index < -0.39 is 0 Å². The molecule has 0 saturated heterocycles. The summed E-state index contributed by atoms with van der Waals surface area (Å²) in [6.07, 6.45) is 8.63. The minimum absolute atomic E-state index is 0.288. The van der Waals surface area contributed by atoms with Crippen molar-refractivity contribution in [2.45, 2.75) is 26.2 Å². The second kappa shape index (κ2) is 7.81. The molecule has 0 radical (unpaired) electrons. The summed E-state index contributed by atoms with van der Waals surface area (Å²) in [5, 5.41) is 8.69. The van der Waals surface area contributed by atoms with Gasteiger partial charge in [-0.05, 0) is 25.2 Å². The van der Waals surface area contributed by atoms with E-state index in [1.807, 2.05) is 12.2 Å². The average Bonchev–Trinajstić information content (AvgIpc) is 2.12. The van der Waals surface area contributed by atoms with E-state index in [1.54, 1.807) is 6.08 Å². The Labute approximate surface area is 81.5 Å². The maximum Gasteiger partial charge on any atom is 0.0433 e. The summed E-state index contributed by atoms with van der Waals surface area (Å²) in [5.74, 6) is 0.582. The van der Waals surface area contributed by atoms with Gasteiger partial charge in [0, 0.05) is 6.61 Å². The third kappa shape index (κ3) is 7.54. The fourth-order valence-corrected chi connectivity index (χ4v) is 1.08. The first-order valence-corrected chi connectivity index (χ1v) is 4.78. The molecule has 0 aliphatic heterocycles. The molecule has 0 heterocycles. The number of rotatable bonds is 7. The van der Waals surface area contributed by atoms with E-state index in [0.717, 1.165) is 24.8 Å². The van der Waals surface area contributed by atoms with Crippen LogP contribution in [0.5, 0.6) is 0 Å². The zero-order valence-corrected chi connectivity index (χ0v) is 8.50. The topological polar surface area (TPSA) is 20.2 Å². The van der Waals surface area contributed by atoms with Crippen LogP contribution >= 0.6 is 0 Å². The highest BCUT2D eigenvalue weighted by molar-refractivity contribution is 5.17. The SMILES string of the molecule is C=C/C=C\C(=C)CCC(C)CCO. The van der Waals surface area contributed by atoms with Crippen molar-refractivity contribution in [2.75, 3.05) is 6.61 Å². The maximum atomic E-state index is 8.69.